The highest BCUT2D eigenvalue weighted by atomic mass is 32.1. The van der Waals surface area contributed by atoms with Crippen LogP contribution in [0, 0.1) is 0 Å². The van der Waals surface area contributed by atoms with E-state index < -0.39 is 6.09 Å². The number of hydrogen-bond donors (Lipinski definition) is 3. The molecule has 0 aliphatic carbocycles. The maximum atomic E-state index is 10.4. The topological polar surface area (TPSA) is 43.8 Å². The average molecular weight is 335 g/mol. The minimum atomic E-state index is -0.847. The molecule has 1 N–H and O–H groups in total. The number of piperidine rings is 2. The Hall–Kier alpha value is -0.0700. The van der Waals surface area contributed by atoms with E-state index in [4.69, 9.17) is 5.11 Å². The summed E-state index contributed by atoms with van der Waals surface area (Å²) in [5.74, 6) is 0. The monoisotopic (exact) mass is 334 g/mol. The van der Waals surface area contributed by atoms with Crippen LogP contribution >= 0.6 is 25.3 Å². The Bertz CT molecular complexity index is 326. The van der Waals surface area contributed by atoms with Crippen molar-refractivity contribution in [1.29, 1.82) is 0 Å². The lowest BCUT2D eigenvalue weighted by molar-refractivity contribution is 0.113. The predicted octanol–water partition coefficient (Wildman–Crippen LogP) is 3.59. The highest BCUT2D eigenvalue weighted by molar-refractivity contribution is 7.81. The van der Waals surface area contributed by atoms with Gasteiger partial charge in [0, 0.05) is 17.3 Å². The number of hydrogen-bond acceptors (Lipinski definition) is 4. The summed E-state index contributed by atoms with van der Waals surface area (Å²) in [4.78, 5) is 14.4. The fourth-order valence-corrected chi connectivity index (χ4v) is 3.30. The predicted molar refractivity (Wildman–Crippen MR) is 94.7 cm³/mol. The van der Waals surface area contributed by atoms with Gasteiger partial charge in [-0.3, -0.25) is 9.80 Å². The van der Waals surface area contributed by atoms with Gasteiger partial charge in [-0.2, -0.15) is 25.3 Å². The molecule has 0 radical (unpaired) electrons. The molecule has 2 heterocycles. The van der Waals surface area contributed by atoms with Gasteiger partial charge in [0.25, 0.3) is 0 Å². The first-order chi connectivity index (χ1) is 9.71. The van der Waals surface area contributed by atoms with E-state index in [1.807, 2.05) is 0 Å². The third-order valence-corrected chi connectivity index (χ3v) is 5.18. The van der Waals surface area contributed by atoms with E-state index in [0.29, 0.717) is 17.3 Å². The molecule has 2 saturated heterocycles. The third-order valence-electron chi connectivity index (χ3n) is 4.13. The quantitative estimate of drug-likeness (QED) is 0.593. The molecule has 124 valence electrons. The van der Waals surface area contributed by atoms with Crippen LogP contribution in [0.1, 0.15) is 52.9 Å². The van der Waals surface area contributed by atoms with Crippen molar-refractivity contribution in [3.05, 3.63) is 0 Å². The maximum Gasteiger partial charge on any atom is 0.408 e. The zero-order valence-corrected chi connectivity index (χ0v) is 15.2. The highest BCUT2D eigenvalue weighted by Gasteiger charge is 2.25. The summed E-state index contributed by atoms with van der Waals surface area (Å²) >= 11 is 8.61. The van der Waals surface area contributed by atoms with Crippen molar-refractivity contribution < 1.29 is 9.90 Å². The van der Waals surface area contributed by atoms with Gasteiger partial charge in [-0.25, -0.2) is 4.79 Å². The number of thiol groups is 2. The van der Waals surface area contributed by atoms with Crippen molar-refractivity contribution in [1.82, 2.24) is 9.80 Å². The first-order valence-electron chi connectivity index (χ1n) is 7.82. The van der Waals surface area contributed by atoms with E-state index in [1.54, 1.807) is 0 Å². The summed E-state index contributed by atoms with van der Waals surface area (Å²) in [6, 6.07) is 0. The lowest BCUT2D eigenvalue weighted by Gasteiger charge is -2.39. The van der Waals surface area contributed by atoms with Crippen LogP contribution in [-0.4, -0.2) is 56.8 Å². The molecule has 4 nitrogen and oxygen atoms in total. The van der Waals surface area contributed by atoms with Crippen LogP contribution < -0.4 is 0 Å². The smallest absolute Gasteiger partial charge is 0.408 e. The van der Waals surface area contributed by atoms with Gasteiger partial charge in [-0.1, -0.05) is 0 Å². The van der Waals surface area contributed by atoms with E-state index in [-0.39, 0.29) is 5.37 Å². The molecule has 0 aromatic rings. The summed E-state index contributed by atoms with van der Waals surface area (Å²) in [7, 11) is 0. The Kier molecular flexibility index (Phi) is 7.71. The van der Waals surface area contributed by atoms with Gasteiger partial charge in [-0.15, -0.1) is 0 Å². The van der Waals surface area contributed by atoms with Crippen LogP contribution in [0.4, 0.5) is 4.79 Å². The van der Waals surface area contributed by atoms with Crippen molar-refractivity contribution in [3.63, 3.8) is 0 Å². The van der Waals surface area contributed by atoms with Gasteiger partial charge in [0.15, 0.2) is 0 Å². The van der Waals surface area contributed by atoms with E-state index in [9.17, 15) is 4.79 Å². The minimum Gasteiger partial charge on any atom is -0.465 e. The summed E-state index contributed by atoms with van der Waals surface area (Å²) in [5, 5.41) is 9.15. The molecule has 2 aliphatic rings. The molecule has 1 atom stereocenters. The standard InChI is InChI=1S/C9H19NS.C6H11NO2S/c1-9(2,3)10-6-4-8(11)5-7-10;8-6(9)7-4-2-1-3-5(7)10/h8,11H,4-7H2,1-3H3;5,10H,1-4H2,(H,8,9). The number of likely N-dealkylation sites (tertiary alicyclic amines) is 2. The third kappa shape index (κ3) is 6.70. The lowest BCUT2D eigenvalue weighted by Crippen LogP contribution is -2.46. The van der Waals surface area contributed by atoms with Crippen molar-refractivity contribution >= 4 is 31.4 Å². The van der Waals surface area contributed by atoms with E-state index >= 15 is 0 Å². The van der Waals surface area contributed by atoms with Gasteiger partial charge in [-0.05, 0) is 66.0 Å². The Morgan fingerprint density at radius 2 is 1.62 bits per heavy atom. The van der Waals surface area contributed by atoms with Crippen LogP contribution in [0.5, 0.6) is 0 Å². The van der Waals surface area contributed by atoms with Crippen LogP contribution in [-0.2, 0) is 0 Å². The molecule has 0 aromatic carbocycles. The average Bonchev–Trinajstić information content (AvgIpc) is 2.39. The Morgan fingerprint density at radius 3 is 2.00 bits per heavy atom. The fraction of sp³-hybridized carbons (Fsp3) is 0.933. The zero-order chi connectivity index (χ0) is 16.0. The first kappa shape index (κ1) is 19.0. The van der Waals surface area contributed by atoms with E-state index in [2.05, 4.69) is 50.9 Å². The molecule has 1 unspecified atom stereocenters. The van der Waals surface area contributed by atoms with Crippen molar-refractivity contribution in [3.8, 4) is 0 Å². The number of rotatable bonds is 0. The minimum absolute atomic E-state index is 0.0775. The zero-order valence-electron chi connectivity index (χ0n) is 13.5. The van der Waals surface area contributed by atoms with Crippen LogP contribution in [0.2, 0.25) is 0 Å². The molecule has 0 aromatic heterocycles. The first-order valence-corrected chi connectivity index (χ1v) is 8.86. The number of amides is 1. The molecule has 2 fully saturated rings. The van der Waals surface area contributed by atoms with Crippen molar-refractivity contribution in [2.45, 2.75) is 69.0 Å². The normalized spacial score (nSPS) is 25.2. The molecule has 0 saturated carbocycles. The maximum absolute atomic E-state index is 10.4. The largest absolute Gasteiger partial charge is 0.465 e. The fourth-order valence-electron chi connectivity index (χ4n) is 2.67. The molecule has 2 aliphatic heterocycles. The molecular weight excluding hydrogens is 304 g/mol. The van der Waals surface area contributed by atoms with Crippen molar-refractivity contribution in [2.75, 3.05) is 19.6 Å². The molecule has 1 amide bonds. The second-order valence-corrected chi connectivity index (χ2v) is 8.17. The molecule has 2 rings (SSSR count). The highest BCUT2D eigenvalue weighted by Crippen LogP contribution is 2.22. The van der Waals surface area contributed by atoms with Gasteiger partial charge in [0.1, 0.15) is 0 Å². The lowest BCUT2D eigenvalue weighted by atomic mass is 10.0. The molecular formula is C15H30N2O2S2. The summed E-state index contributed by atoms with van der Waals surface area (Å²) in [6.45, 7) is 9.93. The SMILES string of the molecule is CC(C)(C)N1CCC(S)CC1.O=C(O)N1CCCCC1S. The van der Waals surface area contributed by atoms with Crippen molar-refractivity contribution in [2.24, 2.45) is 0 Å². The second kappa shape index (κ2) is 8.53. The molecule has 6 heteroatoms. The van der Waals surface area contributed by atoms with Gasteiger partial charge in [0.05, 0.1) is 5.37 Å². The Morgan fingerprint density at radius 1 is 1.05 bits per heavy atom. The number of carbonyl (C=O) groups is 1. The van der Waals surface area contributed by atoms with Crippen LogP contribution in [0.3, 0.4) is 0 Å². The summed E-state index contributed by atoms with van der Waals surface area (Å²) in [6.07, 6.45) is 4.61. The van der Waals surface area contributed by atoms with Gasteiger partial charge >= 0.3 is 6.09 Å². The van der Waals surface area contributed by atoms with Gasteiger partial charge < -0.3 is 5.11 Å². The molecule has 0 bridgehead atoms. The van der Waals surface area contributed by atoms with Gasteiger partial charge in [0.2, 0.25) is 0 Å². The second-order valence-electron chi connectivity index (χ2n) is 6.84. The molecule has 0 spiro atoms. The van der Waals surface area contributed by atoms with Crippen LogP contribution in [0.25, 0.3) is 0 Å². The summed E-state index contributed by atoms with van der Waals surface area (Å²) in [5.41, 5.74) is 0.355. The Balaban J connectivity index is 0.000000211. The number of carboxylic acid groups (broad SMARTS) is 1. The molecule has 21 heavy (non-hydrogen) atoms. The van der Waals surface area contributed by atoms with Crippen LogP contribution in [0.15, 0.2) is 0 Å². The summed E-state index contributed by atoms with van der Waals surface area (Å²) < 4.78 is 0. The van der Waals surface area contributed by atoms with E-state index in [0.717, 1.165) is 19.3 Å². The number of nitrogens with zero attached hydrogens (tertiary/aromatic N) is 2. The van der Waals surface area contributed by atoms with E-state index in [1.165, 1.54) is 30.8 Å². The Labute approximate surface area is 140 Å².